The first-order chi connectivity index (χ1) is 16.7. The highest BCUT2D eigenvalue weighted by Gasteiger charge is 2.39. The van der Waals surface area contributed by atoms with Crippen LogP contribution in [-0.4, -0.2) is 15.5 Å². The van der Waals surface area contributed by atoms with Crippen molar-refractivity contribution >= 4 is 22.3 Å². The van der Waals surface area contributed by atoms with Gasteiger partial charge in [0.15, 0.2) is 0 Å². The molecule has 0 radical (unpaired) electrons. The molecule has 0 bridgehead atoms. The topological polar surface area (TPSA) is 42.2 Å². The number of allylic oxidation sites excluding steroid dienone is 4. The molecule has 0 aliphatic heterocycles. The summed E-state index contributed by atoms with van der Waals surface area (Å²) in [5.41, 5.74) is 7.10. The molecule has 4 aromatic rings. The zero-order chi connectivity index (χ0) is 24.9. The zero-order valence-electron chi connectivity index (χ0n) is 20.6. The first-order valence-electron chi connectivity index (χ1n) is 11.8. The number of aliphatic hydroxyl groups excluding tert-OH is 1. The van der Waals surface area contributed by atoms with Gasteiger partial charge in [-0.25, -0.2) is 0 Å². The Labute approximate surface area is 206 Å². The first kappa shape index (κ1) is 22.7. The van der Waals surface area contributed by atoms with Crippen molar-refractivity contribution in [3.05, 3.63) is 125 Å². The molecule has 0 saturated heterocycles. The van der Waals surface area contributed by atoms with Crippen molar-refractivity contribution in [2.45, 2.75) is 26.2 Å². The number of carbonyl (C=O) groups excluding carboxylic acids is 1. The number of para-hydroxylation sites is 1. The van der Waals surface area contributed by atoms with Crippen molar-refractivity contribution in [3.8, 4) is 11.3 Å². The van der Waals surface area contributed by atoms with E-state index in [-0.39, 0.29) is 17.0 Å². The first-order valence-corrected chi connectivity index (χ1v) is 11.8. The van der Waals surface area contributed by atoms with E-state index in [4.69, 9.17) is 0 Å². The number of rotatable bonds is 5. The minimum absolute atomic E-state index is 0.0327. The van der Waals surface area contributed by atoms with Gasteiger partial charge in [0, 0.05) is 28.9 Å². The maximum Gasteiger partial charge on any atom is 0.201 e. The lowest BCUT2D eigenvalue weighted by Gasteiger charge is -2.30. The number of hydrogen-bond acceptors (Lipinski definition) is 2. The van der Waals surface area contributed by atoms with Crippen LogP contribution in [0.2, 0.25) is 0 Å². The van der Waals surface area contributed by atoms with Crippen molar-refractivity contribution < 1.29 is 9.90 Å². The molecule has 0 fully saturated rings. The average Bonchev–Trinajstić information content (AvgIpc) is 3.15. The van der Waals surface area contributed by atoms with E-state index in [9.17, 15) is 9.90 Å². The van der Waals surface area contributed by atoms with Crippen molar-refractivity contribution in [2.75, 3.05) is 0 Å². The average molecular weight is 460 g/mol. The number of aliphatic hydroxyl groups is 1. The van der Waals surface area contributed by atoms with E-state index in [1.54, 1.807) is 6.08 Å². The van der Waals surface area contributed by atoms with Gasteiger partial charge in [-0.2, -0.15) is 0 Å². The fourth-order valence-electron chi connectivity index (χ4n) is 5.17. The summed E-state index contributed by atoms with van der Waals surface area (Å²) in [6.07, 6.45) is 1.75. The molecule has 5 rings (SSSR count). The molecule has 0 unspecified atom stereocenters. The Morgan fingerprint density at radius 1 is 0.943 bits per heavy atom. The van der Waals surface area contributed by atoms with Crippen LogP contribution in [0.15, 0.2) is 108 Å². The lowest BCUT2D eigenvalue weighted by molar-refractivity contribution is -0.111. The van der Waals surface area contributed by atoms with Gasteiger partial charge in [-0.15, -0.1) is 0 Å². The molecule has 1 aromatic heterocycles. The van der Waals surface area contributed by atoms with Gasteiger partial charge >= 0.3 is 0 Å². The van der Waals surface area contributed by atoms with Gasteiger partial charge in [-0.1, -0.05) is 93.2 Å². The predicted molar refractivity (Wildman–Crippen MR) is 144 cm³/mol. The van der Waals surface area contributed by atoms with E-state index in [0.29, 0.717) is 11.1 Å². The second-order valence-corrected chi connectivity index (χ2v) is 9.74. The molecule has 0 saturated carbocycles. The lowest BCUT2D eigenvalue weighted by Crippen LogP contribution is -2.25. The third-order valence-corrected chi connectivity index (χ3v) is 7.31. The molecule has 35 heavy (non-hydrogen) atoms. The number of aryl methyl sites for hydroxylation is 2. The van der Waals surface area contributed by atoms with Crippen molar-refractivity contribution in [2.24, 2.45) is 7.05 Å². The van der Waals surface area contributed by atoms with Crippen LogP contribution in [0.25, 0.3) is 27.7 Å². The van der Waals surface area contributed by atoms with Gasteiger partial charge in [0.25, 0.3) is 0 Å². The summed E-state index contributed by atoms with van der Waals surface area (Å²) in [5.74, 6) is -0.122. The number of carbonyl (C=O) groups is 1. The molecule has 1 heterocycles. The largest absolute Gasteiger partial charge is 0.506 e. The highest BCUT2D eigenvalue weighted by Crippen LogP contribution is 2.46. The molecule has 3 heteroatoms. The van der Waals surface area contributed by atoms with Crippen LogP contribution in [-0.2, 0) is 17.3 Å². The summed E-state index contributed by atoms with van der Waals surface area (Å²) >= 11 is 0. The van der Waals surface area contributed by atoms with E-state index in [0.717, 1.165) is 38.9 Å². The van der Waals surface area contributed by atoms with Gasteiger partial charge < -0.3 is 9.67 Å². The van der Waals surface area contributed by atoms with Crippen molar-refractivity contribution in [1.82, 2.24) is 4.57 Å². The standard InChI is InChI=1S/C32H29NO2/c1-20-13-9-11-17-25(20)32(3,4)21(2)19-24-30(34)28(31(24)35)27-23-16-10-12-18-26(23)33(5)29(27)22-14-7-6-8-15-22/h6-19,34H,2H2,1,3-5H3/b24-19+. The highest BCUT2D eigenvalue weighted by molar-refractivity contribution is 6.41. The van der Waals surface area contributed by atoms with Gasteiger partial charge in [-0.3, -0.25) is 4.79 Å². The summed E-state index contributed by atoms with van der Waals surface area (Å²) in [4.78, 5) is 13.5. The van der Waals surface area contributed by atoms with Crippen LogP contribution in [0.1, 0.15) is 30.5 Å². The van der Waals surface area contributed by atoms with E-state index in [1.807, 2.05) is 73.8 Å². The molecule has 1 N–H and O–H groups in total. The molecule has 0 spiro atoms. The fraction of sp³-hybridized carbons (Fsp3) is 0.156. The maximum absolute atomic E-state index is 13.5. The summed E-state index contributed by atoms with van der Waals surface area (Å²) in [6.45, 7) is 10.6. The monoisotopic (exact) mass is 459 g/mol. The third kappa shape index (κ3) is 3.47. The Balaban J connectivity index is 1.64. The molecular weight excluding hydrogens is 430 g/mol. The summed E-state index contributed by atoms with van der Waals surface area (Å²) in [7, 11) is 2.00. The van der Waals surface area contributed by atoms with Gasteiger partial charge in [0.05, 0.1) is 16.8 Å². The number of ketones is 1. The number of fused-ring (bicyclic) bond motifs is 1. The second kappa shape index (κ2) is 8.28. The van der Waals surface area contributed by atoms with E-state index < -0.39 is 0 Å². The molecule has 3 nitrogen and oxygen atoms in total. The van der Waals surface area contributed by atoms with Crippen LogP contribution < -0.4 is 0 Å². The Kier molecular flexibility index (Phi) is 5.36. The molecule has 1 aliphatic carbocycles. The normalized spacial score (nSPS) is 15.1. The Bertz CT molecular complexity index is 1560. The smallest absolute Gasteiger partial charge is 0.201 e. The predicted octanol–water partition coefficient (Wildman–Crippen LogP) is 7.47. The van der Waals surface area contributed by atoms with Gasteiger partial charge in [-0.05, 0) is 41.3 Å². The number of aromatic nitrogens is 1. The van der Waals surface area contributed by atoms with E-state index in [1.165, 1.54) is 5.56 Å². The molecule has 0 atom stereocenters. The summed E-state index contributed by atoms with van der Waals surface area (Å²) < 4.78 is 2.09. The minimum Gasteiger partial charge on any atom is -0.506 e. The molecule has 1 aliphatic rings. The van der Waals surface area contributed by atoms with Gasteiger partial charge in [0.1, 0.15) is 5.76 Å². The number of benzene rings is 3. The SMILES string of the molecule is C=C(/C=C1/C(=O)C(c2c(-c3ccccc3)n(C)c3ccccc23)=C1O)C(C)(C)c1ccccc1C. The van der Waals surface area contributed by atoms with Crippen LogP contribution in [0, 0.1) is 6.92 Å². The van der Waals surface area contributed by atoms with Crippen LogP contribution in [0.5, 0.6) is 0 Å². The quantitative estimate of drug-likeness (QED) is 0.315. The third-order valence-electron chi connectivity index (χ3n) is 7.31. The Hall–Kier alpha value is -4.11. The summed E-state index contributed by atoms with van der Waals surface area (Å²) in [6, 6.07) is 26.2. The molecule has 174 valence electrons. The molecule has 0 amide bonds. The number of nitrogens with zero attached hydrogens (tertiary/aromatic N) is 1. The van der Waals surface area contributed by atoms with E-state index >= 15 is 0 Å². The minimum atomic E-state index is -0.386. The Morgan fingerprint density at radius 2 is 1.57 bits per heavy atom. The van der Waals surface area contributed by atoms with Crippen LogP contribution in [0.3, 0.4) is 0 Å². The van der Waals surface area contributed by atoms with Crippen LogP contribution >= 0.6 is 0 Å². The van der Waals surface area contributed by atoms with Crippen molar-refractivity contribution in [3.63, 3.8) is 0 Å². The summed E-state index contributed by atoms with van der Waals surface area (Å²) in [5, 5.41) is 12.2. The van der Waals surface area contributed by atoms with E-state index in [2.05, 4.69) is 44.0 Å². The van der Waals surface area contributed by atoms with Crippen molar-refractivity contribution in [1.29, 1.82) is 0 Å². The number of Topliss-reactive ketones (excluding diaryl/α,β-unsaturated/α-hetero) is 1. The van der Waals surface area contributed by atoms with Gasteiger partial charge in [0.2, 0.25) is 5.78 Å². The maximum atomic E-state index is 13.5. The van der Waals surface area contributed by atoms with Crippen LogP contribution in [0.4, 0.5) is 0 Å². The highest BCUT2D eigenvalue weighted by atomic mass is 16.3. The fourth-order valence-corrected chi connectivity index (χ4v) is 5.17. The lowest BCUT2D eigenvalue weighted by atomic mass is 9.73. The second-order valence-electron chi connectivity index (χ2n) is 9.74. The zero-order valence-corrected chi connectivity index (χ0v) is 20.6. The molecule has 3 aromatic carbocycles. The Morgan fingerprint density at radius 3 is 2.26 bits per heavy atom. The number of hydrogen-bond donors (Lipinski definition) is 1. The molecular formula is C32H29NO2.